The lowest BCUT2D eigenvalue weighted by atomic mass is 10.2. The van der Waals surface area contributed by atoms with Gasteiger partial charge in [0, 0.05) is 23.2 Å². The second-order valence-electron chi connectivity index (χ2n) is 4.81. The molecule has 0 aliphatic carbocycles. The smallest absolute Gasteiger partial charge is 0.346 e. The molecule has 5 heteroatoms. The van der Waals surface area contributed by atoms with Crippen molar-refractivity contribution in [1.29, 1.82) is 0 Å². The van der Waals surface area contributed by atoms with Crippen molar-refractivity contribution in [1.82, 2.24) is 0 Å². The zero-order valence-corrected chi connectivity index (χ0v) is 11.2. The first-order chi connectivity index (χ1) is 9.35. The molecule has 0 unspecified atom stereocenters. The molecule has 2 aliphatic rings. The number of rotatable bonds is 0. The van der Waals surface area contributed by atoms with Gasteiger partial charge in [0.15, 0.2) is 11.5 Å². The third-order valence-electron chi connectivity index (χ3n) is 3.43. The number of hydrogen-bond acceptors (Lipinski definition) is 4. The molecular formula is C14H12O4Si. The largest absolute Gasteiger partial charge is 0.449 e. The quantitative estimate of drug-likeness (QED) is 0.546. The van der Waals surface area contributed by atoms with Crippen LogP contribution in [0.2, 0.25) is 0 Å². The monoisotopic (exact) mass is 272 g/mol. The first-order valence-electron chi connectivity index (χ1n) is 6.22. The molecule has 0 fully saturated rings. The van der Waals surface area contributed by atoms with E-state index in [9.17, 15) is 0 Å². The molecule has 2 aromatic carbocycles. The van der Waals surface area contributed by atoms with Crippen molar-refractivity contribution in [2.24, 2.45) is 0 Å². The molecule has 0 amide bonds. The molecule has 4 nitrogen and oxygen atoms in total. The maximum Gasteiger partial charge on any atom is 0.449 e. The summed E-state index contributed by atoms with van der Waals surface area (Å²) in [5.41, 5.74) is 2.23. The van der Waals surface area contributed by atoms with Gasteiger partial charge in [-0.3, -0.25) is 0 Å². The maximum absolute atomic E-state index is 5.58. The van der Waals surface area contributed by atoms with Crippen LogP contribution in [-0.4, -0.2) is 8.56 Å². The van der Waals surface area contributed by atoms with Gasteiger partial charge in [-0.1, -0.05) is 36.4 Å². The molecule has 0 saturated carbocycles. The molecule has 2 aliphatic heterocycles. The highest BCUT2D eigenvalue weighted by Gasteiger charge is 2.50. The summed E-state index contributed by atoms with van der Waals surface area (Å²) in [4.78, 5) is 10.8. The van der Waals surface area contributed by atoms with E-state index in [-0.39, 0.29) is 0 Å². The van der Waals surface area contributed by atoms with Gasteiger partial charge in [0.1, 0.15) is 0 Å². The van der Waals surface area contributed by atoms with E-state index in [4.69, 9.17) is 18.9 Å². The lowest BCUT2D eigenvalue weighted by molar-refractivity contribution is -0.213. The standard InChI is InChI=1S/C14H12O4Si/c1-3-7-13-11(5-1)9-19(17-15-13)10-12-6-2-4-8-14(12)16-18-19/h1-8H,9-10H2. The van der Waals surface area contributed by atoms with Gasteiger partial charge in [0.2, 0.25) is 0 Å². The Kier molecular flexibility index (Phi) is 2.38. The molecule has 4 rings (SSSR count). The van der Waals surface area contributed by atoms with Crippen LogP contribution < -0.4 is 9.78 Å². The fourth-order valence-electron chi connectivity index (χ4n) is 2.48. The minimum Gasteiger partial charge on any atom is -0.346 e. The van der Waals surface area contributed by atoms with Gasteiger partial charge in [-0.15, -0.1) is 0 Å². The summed E-state index contributed by atoms with van der Waals surface area (Å²) in [6, 6.07) is 17.2. The van der Waals surface area contributed by atoms with Crippen LogP contribution in [0, 0.1) is 0 Å². The van der Waals surface area contributed by atoms with Gasteiger partial charge in [-0.25, -0.2) is 9.15 Å². The number of hydrogen-bond donors (Lipinski definition) is 0. The summed E-state index contributed by atoms with van der Waals surface area (Å²) in [5.74, 6) is 1.53. The molecule has 96 valence electrons. The lowest BCUT2D eigenvalue weighted by Crippen LogP contribution is -2.53. The first-order valence-corrected chi connectivity index (χ1v) is 8.45. The van der Waals surface area contributed by atoms with E-state index < -0.39 is 8.56 Å². The molecule has 0 radical (unpaired) electrons. The minimum absolute atomic E-state index is 0.734. The van der Waals surface area contributed by atoms with Crippen molar-refractivity contribution in [2.75, 3.05) is 0 Å². The second-order valence-corrected chi connectivity index (χ2v) is 7.67. The molecule has 0 aromatic heterocycles. The third kappa shape index (κ3) is 1.83. The molecule has 1 spiro atoms. The molecule has 0 N–H and O–H groups in total. The summed E-state index contributed by atoms with van der Waals surface area (Å²) in [6.45, 7) is 0. The van der Waals surface area contributed by atoms with E-state index in [1.165, 1.54) is 0 Å². The van der Waals surface area contributed by atoms with Crippen LogP contribution in [0.15, 0.2) is 48.5 Å². The van der Waals surface area contributed by atoms with Crippen LogP contribution >= 0.6 is 0 Å². The fourth-order valence-corrected chi connectivity index (χ4v) is 5.10. The Morgan fingerprint density at radius 1 is 0.684 bits per heavy atom. The molecule has 2 heterocycles. The summed E-state index contributed by atoms with van der Waals surface area (Å²) < 4.78 is 11.2. The predicted molar refractivity (Wildman–Crippen MR) is 69.5 cm³/mol. The van der Waals surface area contributed by atoms with Crippen LogP contribution in [0.25, 0.3) is 0 Å². The molecular weight excluding hydrogens is 260 g/mol. The Balaban J connectivity index is 1.68. The van der Waals surface area contributed by atoms with E-state index in [1.54, 1.807) is 0 Å². The number of fused-ring (bicyclic) bond motifs is 2. The van der Waals surface area contributed by atoms with E-state index in [0.717, 1.165) is 34.7 Å². The van der Waals surface area contributed by atoms with E-state index in [2.05, 4.69) is 0 Å². The minimum atomic E-state index is -2.52. The van der Waals surface area contributed by atoms with Gasteiger partial charge in [0.25, 0.3) is 0 Å². The van der Waals surface area contributed by atoms with Gasteiger partial charge in [-0.2, -0.15) is 0 Å². The molecule has 0 bridgehead atoms. The van der Waals surface area contributed by atoms with Crippen molar-refractivity contribution in [3.63, 3.8) is 0 Å². The zero-order valence-electron chi connectivity index (χ0n) is 10.2. The van der Waals surface area contributed by atoms with Gasteiger partial charge in [0.05, 0.1) is 0 Å². The Bertz CT molecular complexity index is 573. The Labute approximate surface area is 111 Å². The Morgan fingerprint density at radius 2 is 1.16 bits per heavy atom. The van der Waals surface area contributed by atoms with Crippen LogP contribution in [0.3, 0.4) is 0 Å². The van der Waals surface area contributed by atoms with Gasteiger partial charge in [-0.05, 0) is 12.1 Å². The summed E-state index contributed by atoms with van der Waals surface area (Å²) in [7, 11) is -2.52. The van der Waals surface area contributed by atoms with Gasteiger partial charge < -0.3 is 9.78 Å². The van der Waals surface area contributed by atoms with Crippen LogP contribution in [0.4, 0.5) is 0 Å². The SMILES string of the molecule is c1ccc2c(c1)C[Si]1(Cc3ccccc3OO1)OO2. The van der Waals surface area contributed by atoms with Crippen molar-refractivity contribution >= 4 is 8.56 Å². The normalized spacial score (nSPS) is 18.9. The molecule has 0 saturated heterocycles. The third-order valence-corrected chi connectivity index (χ3v) is 6.04. The Morgan fingerprint density at radius 3 is 1.68 bits per heavy atom. The second kappa shape index (κ2) is 4.09. The van der Waals surface area contributed by atoms with Crippen molar-refractivity contribution < 1.29 is 18.9 Å². The highest BCUT2D eigenvalue weighted by atomic mass is 28.4. The number of para-hydroxylation sites is 2. The highest BCUT2D eigenvalue weighted by molar-refractivity contribution is 6.66. The van der Waals surface area contributed by atoms with E-state index in [0.29, 0.717) is 0 Å². The highest BCUT2D eigenvalue weighted by Crippen LogP contribution is 2.36. The van der Waals surface area contributed by atoms with Crippen molar-refractivity contribution in [2.45, 2.75) is 12.1 Å². The summed E-state index contributed by atoms with van der Waals surface area (Å²) in [6.07, 6.45) is 0. The predicted octanol–water partition coefficient (Wildman–Crippen LogP) is 2.64. The molecule has 0 atom stereocenters. The zero-order chi connectivity index (χ0) is 12.7. The van der Waals surface area contributed by atoms with E-state index in [1.807, 2.05) is 48.5 Å². The average molecular weight is 272 g/mol. The first kappa shape index (κ1) is 11.0. The summed E-state index contributed by atoms with van der Waals surface area (Å²) >= 11 is 0. The topological polar surface area (TPSA) is 36.9 Å². The van der Waals surface area contributed by atoms with Crippen LogP contribution in [0.1, 0.15) is 11.1 Å². The van der Waals surface area contributed by atoms with Crippen molar-refractivity contribution in [3.8, 4) is 11.5 Å². The maximum atomic E-state index is 5.58. The lowest BCUT2D eigenvalue weighted by Gasteiger charge is -2.34. The van der Waals surface area contributed by atoms with Crippen molar-refractivity contribution in [3.05, 3.63) is 59.7 Å². The number of benzene rings is 2. The average Bonchev–Trinajstić information content (AvgIpc) is 2.47. The van der Waals surface area contributed by atoms with Crippen LogP contribution in [0.5, 0.6) is 11.5 Å². The van der Waals surface area contributed by atoms with E-state index >= 15 is 0 Å². The van der Waals surface area contributed by atoms with Crippen LogP contribution in [-0.2, 0) is 21.2 Å². The Hall–Kier alpha value is -1.82. The molecule has 2 aromatic rings. The van der Waals surface area contributed by atoms with Gasteiger partial charge >= 0.3 is 8.56 Å². The summed E-state index contributed by atoms with van der Waals surface area (Å²) in [5, 5.41) is 0. The molecule has 19 heavy (non-hydrogen) atoms. The fraction of sp³-hybridized carbons (Fsp3) is 0.143.